The summed E-state index contributed by atoms with van der Waals surface area (Å²) in [6, 6.07) is 0. The predicted octanol–water partition coefficient (Wildman–Crippen LogP) is 3.71. The molecule has 41 heavy (non-hydrogen) atoms. The molecule has 0 radical (unpaired) electrons. The Balaban J connectivity index is 2.31. The van der Waals surface area contributed by atoms with Gasteiger partial charge in [0.15, 0.2) is 18.3 Å². The molecule has 0 aromatic carbocycles. The molecule has 230 valence electrons. The zero-order valence-corrected chi connectivity index (χ0v) is 25.3. The highest BCUT2D eigenvalue weighted by molar-refractivity contribution is 5.77. The molecule has 1 saturated heterocycles. The van der Waals surface area contributed by atoms with Gasteiger partial charge in [0.05, 0.1) is 17.4 Å². The molecule has 0 saturated carbocycles. The molecule has 9 unspecified atom stereocenters. The van der Waals surface area contributed by atoms with Crippen LogP contribution in [0.4, 0.5) is 0 Å². The van der Waals surface area contributed by atoms with Gasteiger partial charge in [0.25, 0.3) is 0 Å². The van der Waals surface area contributed by atoms with Crippen molar-refractivity contribution >= 4 is 23.9 Å². The zero-order valence-electron chi connectivity index (χ0n) is 25.3. The predicted molar refractivity (Wildman–Crippen MR) is 148 cm³/mol. The molecule has 1 fully saturated rings. The van der Waals surface area contributed by atoms with E-state index >= 15 is 0 Å². The SMILES string of the molecule is CCCC(=O)OC1C=C(C)C2C(O)C3(O)C(/C=C(/C)CCC(OC(=O)CC)C2(C)C1OC(=O)CCC)OC(=O)C3C. The fourth-order valence-electron chi connectivity index (χ4n) is 6.61. The van der Waals surface area contributed by atoms with E-state index in [4.69, 9.17) is 18.9 Å². The fourth-order valence-corrected chi connectivity index (χ4v) is 6.61. The van der Waals surface area contributed by atoms with E-state index in [0.29, 0.717) is 24.8 Å². The molecule has 3 rings (SSSR count). The standard InChI is InChI=1S/C31H46O10/c1-8-11-24(33)38-20-16-18(5)26-27(35)31(37)19(6)29(36)40-22(31)15-17(4)13-14-21(39-23(32)10-3)30(26,7)28(20)41-25(34)12-9-2/h15-16,19-22,26-28,35,37H,8-14H2,1-7H3/b17-15-. The van der Waals surface area contributed by atoms with Crippen molar-refractivity contribution in [2.45, 2.75) is 130 Å². The number of aliphatic hydroxyl groups is 2. The maximum Gasteiger partial charge on any atom is 0.312 e. The smallest absolute Gasteiger partial charge is 0.312 e. The van der Waals surface area contributed by atoms with Crippen LogP contribution in [0.3, 0.4) is 0 Å². The summed E-state index contributed by atoms with van der Waals surface area (Å²) in [5.74, 6) is -4.21. The van der Waals surface area contributed by atoms with Crippen LogP contribution in [-0.2, 0) is 38.1 Å². The molecule has 0 aromatic heterocycles. The summed E-state index contributed by atoms with van der Waals surface area (Å²) in [6.45, 7) is 12.1. The topological polar surface area (TPSA) is 146 Å². The van der Waals surface area contributed by atoms with Crippen LogP contribution in [0.1, 0.15) is 93.4 Å². The molecule has 0 bridgehead atoms. The first-order valence-electron chi connectivity index (χ1n) is 14.8. The summed E-state index contributed by atoms with van der Waals surface area (Å²) < 4.78 is 23.5. The van der Waals surface area contributed by atoms with Crippen LogP contribution in [0.2, 0.25) is 0 Å². The van der Waals surface area contributed by atoms with E-state index in [1.165, 1.54) is 6.92 Å². The van der Waals surface area contributed by atoms with Gasteiger partial charge in [-0.3, -0.25) is 19.2 Å². The lowest BCUT2D eigenvalue weighted by atomic mass is 9.55. The number of hydrogen-bond donors (Lipinski definition) is 2. The fraction of sp³-hybridized carbons (Fsp3) is 0.742. The lowest BCUT2D eigenvalue weighted by molar-refractivity contribution is -0.222. The van der Waals surface area contributed by atoms with Crippen LogP contribution >= 0.6 is 0 Å². The number of aliphatic hydroxyl groups excluding tert-OH is 1. The first-order valence-corrected chi connectivity index (χ1v) is 14.8. The third kappa shape index (κ3) is 6.23. The number of ether oxygens (including phenoxy) is 4. The van der Waals surface area contributed by atoms with E-state index in [0.717, 1.165) is 5.57 Å². The number of carbonyl (C=O) groups is 4. The van der Waals surface area contributed by atoms with Gasteiger partial charge in [-0.15, -0.1) is 0 Å². The number of carbonyl (C=O) groups excluding carboxylic acids is 4. The minimum atomic E-state index is -2.04. The normalized spacial score (nSPS) is 38.3. The second-order valence-corrected chi connectivity index (χ2v) is 11.9. The Morgan fingerprint density at radius 3 is 2.20 bits per heavy atom. The van der Waals surface area contributed by atoms with Gasteiger partial charge in [-0.1, -0.05) is 38.8 Å². The number of rotatable bonds is 8. The Kier molecular flexibility index (Phi) is 10.5. The Morgan fingerprint density at radius 2 is 1.61 bits per heavy atom. The average Bonchev–Trinajstić information content (AvgIpc) is 3.12. The van der Waals surface area contributed by atoms with Crippen molar-refractivity contribution in [1.82, 2.24) is 0 Å². The Bertz CT molecular complexity index is 1080. The van der Waals surface area contributed by atoms with E-state index in [9.17, 15) is 29.4 Å². The van der Waals surface area contributed by atoms with E-state index in [1.54, 1.807) is 32.9 Å². The van der Waals surface area contributed by atoms with E-state index < -0.39 is 77.2 Å². The van der Waals surface area contributed by atoms with Crippen LogP contribution in [0, 0.1) is 17.3 Å². The average molecular weight is 579 g/mol. The molecule has 1 heterocycles. The quantitative estimate of drug-likeness (QED) is 0.248. The lowest BCUT2D eigenvalue weighted by Gasteiger charge is -2.55. The van der Waals surface area contributed by atoms with Gasteiger partial charge in [0.1, 0.15) is 11.7 Å². The van der Waals surface area contributed by atoms with Gasteiger partial charge in [-0.25, -0.2) is 0 Å². The molecule has 9 atom stereocenters. The number of allylic oxidation sites excluding steroid dienone is 1. The molecule has 10 heteroatoms. The molecular weight excluding hydrogens is 532 g/mol. The van der Waals surface area contributed by atoms with Gasteiger partial charge < -0.3 is 29.2 Å². The summed E-state index contributed by atoms with van der Waals surface area (Å²) in [4.78, 5) is 51.3. The molecule has 0 amide bonds. The summed E-state index contributed by atoms with van der Waals surface area (Å²) in [6.07, 6.45) is -0.487. The van der Waals surface area contributed by atoms with Crippen molar-refractivity contribution in [3.8, 4) is 0 Å². The zero-order chi connectivity index (χ0) is 30.7. The first kappa shape index (κ1) is 32.8. The van der Waals surface area contributed by atoms with Crippen molar-refractivity contribution in [3.05, 3.63) is 23.3 Å². The number of esters is 4. The molecule has 3 aliphatic rings. The molecule has 10 nitrogen and oxygen atoms in total. The maximum atomic E-state index is 13.0. The van der Waals surface area contributed by atoms with Crippen molar-refractivity contribution in [1.29, 1.82) is 0 Å². The minimum Gasteiger partial charge on any atom is -0.462 e. The number of hydrogen-bond acceptors (Lipinski definition) is 10. The van der Waals surface area contributed by atoms with Crippen LogP contribution in [0.5, 0.6) is 0 Å². The van der Waals surface area contributed by atoms with Crippen molar-refractivity contribution < 1.29 is 48.3 Å². The molecule has 0 spiro atoms. The van der Waals surface area contributed by atoms with Crippen LogP contribution < -0.4 is 0 Å². The first-order chi connectivity index (χ1) is 19.2. The Hall–Kier alpha value is -2.72. The van der Waals surface area contributed by atoms with Crippen LogP contribution in [0.15, 0.2) is 23.3 Å². The third-order valence-electron chi connectivity index (χ3n) is 8.96. The lowest BCUT2D eigenvalue weighted by Crippen LogP contribution is -2.66. The minimum absolute atomic E-state index is 0.0873. The molecule has 1 aliphatic heterocycles. The van der Waals surface area contributed by atoms with E-state index in [2.05, 4.69) is 0 Å². The second-order valence-electron chi connectivity index (χ2n) is 11.9. The molecule has 2 N–H and O–H groups in total. The highest BCUT2D eigenvalue weighted by atomic mass is 16.6. The Labute approximate surface area is 242 Å². The highest BCUT2D eigenvalue weighted by Gasteiger charge is 2.66. The Morgan fingerprint density at radius 1 is 1.00 bits per heavy atom. The molecular formula is C31H46O10. The van der Waals surface area contributed by atoms with Crippen molar-refractivity contribution in [2.24, 2.45) is 17.3 Å². The molecule has 0 aromatic rings. The van der Waals surface area contributed by atoms with Gasteiger partial charge in [0.2, 0.25) is 0 Å². The summed E-state index contributed by atoms with van der Waals surface area (Å²) in [5.41, 5.74) is -2.13. The number of fused-ring (bicyclic) bond motifs is 2. The van der Waals surface area contributed by atoms with E-state index in [-0.39, 0.29) is 25.7 Å². The van der Waals surface area contributed by atoms with Gasteiger partial charge in [0, 0.05) is 25.2 Å². The van der Waals surface area contributed by atoms with Gasteiger partial charge in [-0.05, 0) is 58.6 Å². The van der Waals surface area contributed by atoms with E-state index in [1.807, 2.05) is 20.8 Å². The summed E-state index contributed by atoms with van der Waals surface area (Å²) >= 11 is 0. The van der Waals surface area contributed by atoms with Crippen LogP contribution in [0.25, 0.3) is 0 Å². The third-order valence-corrected chi connectivity index (χ3v) is 8.96. The monoisotopic (exact) mass is 578 g/mol. The van der Waals surface area contributed by atoms with Crippen LogP contribution in [-0.4, -0.2) is 70.2 Å². The highest BCUT2D eigenvalue weighted by Crippen LogP contribution is 2.54. The van der Waals surface area contributed by atoms with Crippen molar-refractivity contribution in [3.63, 3.8) is 0 Å². The van der Waals surface area contributed by atoms with Gasteiger partial charge >= 0.3 is 23.9 Å². The second kappa shape index (κ2) is 13.1. The summed E-state index contributed by atoms with van der Waals surface area (Å²) in [7, 11) is 0. The van der Waals surface area contributed by atoms with Gasteiger partial charge in [-0.2, -0.15) is 0 Å². The largest absolute Gasteiger partial charge is 0.462 e. The molecule has 2 aliphatic carbocycles. The van der Waals surface area contributed by atoms with Crippen molar-refractivity contribution in [2.75, 3.05) is 0 Å². The summed E-state index contributed by atoms with van der Waals surface area (Å²) in [5, 5.41) is 24.3. The maximum absolute atomic E-state index is 13.0.